The van der Waals surface area contributed by atoms with E-state index in [0.29, 0.717) is 0 Å². The number of rotatable bonds is 8. The average molecular weight is 263 g/mol. The Morgan fingerprint density at radius 3 is 2.68 bits per heavy atom. The molecule has 0 radical (unpaired) electrons. The number of methoxy groups -OCH3 is 1. The number of hydrogen-bond donors (Lipinski definition) is 1. The highest BCUT2D eigenvalue weighted by atomic mass is 16.5. The zero-order chi connectivity index (χ0) is 14.3. The molecule has 19 heavy (non-hydrogen) atoms. The molecule has 0 heterocycles. The maximum atomic E-state index is 5.90. The molecule has 2 atom stereocenters. The molecule has 0 saturated carbocycles. The minimum Gasteiger partial charge on any atom is -0.497 e. The molecule has 0 aliphatic rings. The second kappa shape index (κ2) is 7.85. The Bertz CT molecular complexity index is 404. The van der Waals surface area contributed by atoms with Gasteiger partial charge in [0.15, 0.2) is 0 Å². The molecule has 0 spiro atoms. The third kappa shape index (κ3) is 4.60. The van der Waals surface area contributed by atoms with E-state index in [1.165, 1.54) is 0 Å². The van der Waals surface area contributed by atoms with Crippen molar-refractivity contribution in [2.24, 2.45) is 0 Å². The lowest BCUT2D eigenvalue weighted by Crippen LogP contribution is -2.20. The molecule has 0 bridgehead atoms. The second-order valence-electron chi connectivity index (χ2n) is 4.64. The van der Waals surface area contributed by atoms with Gasteiger partial charge in [-0.25, -0.2) is 0 Å². The highest BCUT2D eigenvalue weighted by Crippen LogP contribution is 2.30. The van der Waals surface area contributed by atoms with Crippen LogP contribution in [0.4, 0.5) is 0 Å². The predicted molar refractivity (Wildman–Crippen MR) is 80.0 cm³/mol. The van der Waals surface area contributed by atoms with Crippen molar-refractivity contribution in [2.75, 3.05) is 13.7 Å². The summed E-state index contributed by atoms with van der Waals surface area (Å²) in [4.78, 5) is 0. The van der Waals surface area contributed by atoms with Gasteiger partial charge in [0, 0.05) is 17.7 Å². The van der Waals surface area contributed by atoms with Gasteiger partial charge >= 0.3 is 0 Å². The molecule has 2 unspecified atom stereocenters. The van der Waals surface area contributed by atoms with Gasteiger partial charge in [-0.15, -0.1) is 0 Å². The number of benzene rings is 1. The molecule has 1 rings (SSSR count). The number of nitrogens with one attached hydrogen (secondary N) is 1. The standard InChI is InChI=1S/C16H25NO2/c1-6-10-17-13(4)15-9-8-14(18-5)11-16(15)19-12(3)7-2/h7-9,11-13,17H,2,6,10H2,1,3-5H3. The summed E-state index contributed by atoms with van der Waals surface area (Å²) in [6.07, 6.45) is 2.87. The first-order valence-electron chi connectivity index (χ1n) is 6.82. The highest BCUT2D eigenvalue weighted by molar-refractivity contribution is 5.42. The van der Waals surface area contributed by atoms with Gasteiger partial charge in [-0.2, -0.15) is 0 Å². The van der Waals surface area contributed by atoms with E-state index in [1.54, 1.807) is 13.2 Å². The molecule has 0 fully saturated rings. The molecule has 0 aliphatic heterocycles. The molecule has 3 heteroatoms. The van der Waals surface area contributed by atoms with E-state index in [2.05, 4.69) is 31.8 Å². The first-order chi connectivity index (χ1) is 9.12. The summed E-state index contributed by atoms with van der Waals surface area (Å²) in [5, 5.41) is 3.47. The Kier molecular flexibility index (Phi) is 6.43. The van der Waals surface area contributed by atoms with E-state index in [4.69, 9.17) is 9.47 Å². The van der Waals surface area contributed by atoms with Crippen LogP contribution in [0.2, 0.25) is 0 Å². The van der Waals surface area contributed by atoms with Crippen LogP contribution in [0.15, 0.2) is 30.9 Å². The summed E-state index contributed by atoms with van der Waals surface area (Å²) in [5.41, 5.74) is 1.14. The maximum absolute atomic E-state index is 5.90. The summed E-state index contributed by atoms with van der Waals surface area (Å²) < 4.78 is 11.2. The fourth-order valence-corrected chi connectivity index (χ4v) is 1.82. The zero-order valence-electron chi connectivity index (χ0n) is 12.4. The molecule has 1 aromatic carbocycles. The van der Waals surface area contributed by atoms with E-state index >= 15 is 0 Å². The minimum atomic E-state index is -0.0239. The molecule has 0 saturated heterocycles. The van der Waals surface area contributed by atoms with Crippen molar-refractivity contribution in [3.8, 4) is 11.5 Å². The van der Waals surface area contributed by atoms with Crippen molar-refractivity contribution < 1.29 is 9.47 Å². The fourth-order valence-electron chi connectivity index (χ4n) is 1.82. The van der Waals surface area contributed by atoms with Crippen molar-refractivity contribution in [2.45, 2.75) is 39.3 Å². The van der Waals surface area contributed by atoms with Crippen LogP contribution in [0, 0.1) is 0 Å². The molecule has 3 nitrogen and oxygen atoms in total. The summed E-state index contributed by atoms with van der Waals surface area (Å²) in [7, 11) is 1.66. The van der Waals surface area contributed by atoms with Gasteiger partial charge in [0.1, 0.15) is 17.6 Å². The molecular weight excluding hydrogens is 238 g/mol. The van der Waals surface area contributed by atoms with E-state index in [9.17, 15) is 0 Å². The third-order valence-corrected chi connectivity index (χ3v) is 3.03. The van der Waals surface area contributed by atoms with Crippen molar-refractivity contribution in [3.05, 3.63) is 36.4 Å². The lowest BCUT2D eigenvalue weighted by Gasteiger charge is -2.20. The van der Waals surface area contributed by atoms with E-state index < -0.39 is 0 Å². The predicted octanol–water partition coefficient (Wildman–Crippen LogP) is 3.71. The molecule has 0 aromatic heterocycles. The Hall–Kier alpha value is -1.48. The zero-order valence-corrected chi connectivity index (χ0v) is 12.4. The lowest BCUT2D eigenvalue weighted by atomic mass is 10.1. The Morgan fingerprint density at radius 1 is 1.37 bits per heavy atom. The monoisotopic (exact) mass is 263 g/mol. The van der Waals surface area contributed by atoms with Gasteiger partial charge in [0.05, 0.1) is 7.11 Å². The normalized spacial score (nSPS) is 13.7. The van der Waals surface area contributed by atoms with Gasteiger partial charge in [0.25, 0.3) is 0 Å². The van der Waals surface area contributed by atoms with Crippen LogP contribution in [0.5, 0.6) is 11.5 Å². The number of hydrogen-bond acceptors (Lipinski definition) is 3. The van der Waals surface area contributed by atoms with Gasteiger partial charge in [-0.3, -0.25) is 0 Å². The molecule has 0 aliphatic carbocycles. The van der Waals surface area contributed by atoms with Crippen LogP contribution in [0.1, 0.15) is 38.8 Å². The number of ether oxygens (including phenoxy) is 2. The second-order valence-corrected chi connectivity index (χ2v) is 4.64. The summed E-state index contributed by atoms with van der Waals surface area (Å²) in [6, 6.07) is 6.19. The highest BCUT2D eigenvalue weighted by Gasteiger charge is 2.13. The van der Waals surface area contributed by atoms with E-state index in [-0.39, 0.29) is 12.1 Å². The minimum absolute atomic E-state index is 0.0239. The van der Waals surface area contributed by atoms with Crippen LogP contribution in [-0.4, -0.2) is 19.8 Å². The Labute approximate surface area is 116 Å². The van der Waals surface area contributed by atoms with Gasteiger partial charge < -0.3 is 14.8 Å². The average Bonchev–Trinajstić information content (AvgIpc) is 2.44. The van der Waals surface area contributed by atoms with Crippen LogP contribution in [0.3, 0.4) is 0 Å². The van der Waals surface area contributed by atoms with Crippen molar-refractivity contribution in [3.63, 3.8) is 0 Å². The van der Waals surface area contributed by atoms with Gasteiger partial charge in [-0.1, -0.05) is 25.6 Å². The van der Waals surface area contributed by atoms with Gasteiger partial charge in [-0.05, 0) is 32.9 Å². The largest absolute Gasteiger partial charge is 0.497 e. The first kappa shape index (κ1) is 15.6. The molecule has 0 amide bonds. The quantitative estimate of drug-likeness (QED) is 0.725. The molecule has 1 aromatic rings. The van der Waals surface area contributed by atoms with Crippen LogP contribution >= 0.6 is 0 Å². The van der Waals surface area contributed by atoms with Gasteiger partial charge in [0.2, 0.25) is 0 Å². The maximum Gasteiger partial charge on any atom is 0.128 e. The third-order valence-electron chi connectivity index (χ3n) is 3.03. The molecule has 106 valence electrons. The summed E-state index contributed by atoms with van der Waals surface area (Å²) >= 11 is 0. The lowest BCUT2D eigenvalue weighted by molar-refractivity contribution is 0.263. The Morgan fingerprint density at radius 2 is 2.11 bits per heavy atom. The van der Waals surface area contributed by atoms with Crippen LogP contribution < -0.4 is 14.8 Å². The van der Waals surface area contributed by atoms with E-state index in [1.807, 2.05) is 19.1 Å². The first-order valence-corrected chi connectivity index (χ1v) is 6.82. The van der Waals surface area contributed by atoms with Crippen molar-refractivity contribution in [1.82, 2.24) is 5.32 Å². The summed E-state index contributed by atoms with van der Waals surface area (Å²) in [5.74, 6) is 1.65. The molecule has 1 N–H and O–H groups in total. The van der Waals surface area contributed by atoms with Crippen LogP contribution in [-0.2, 0) is 0 Å². The topological polar surface area (TPSA) is 30.5 Å². The Balaban J connectivity index is 2.96. The summed E-state index contributed by atoms with van der Waals surface area (Å²) in [6.45, 7) is 11.0. The SMILES string of the molecule is C=CC(C)Oc1cc(OC)ccc1C(C)NCCC. The van der Waals surface area contributed by atoms with Crippen LogP contribution in [0.25, 0.3) is 0 Å². The fraction of sp³-hybridized carbons (Fsp3) is 0.500. The smallest absolute Gasteiger partial charge is 0.128 e. The van der Waals surface area contributed by atoms with Crippen molar-refractivity contribution >= 4 is 0 Å². The molecular formula is C16H25NO2. The van der Waals surface area contributed by atoms with Crippen molar-refractivity contribution in [1.29, 1.82) is 0 Å². The van der Waals surface area contributed by atoms with E-state index in [0.717, 1.165) is 30.0 Å².